The van der Waals surface area contributed by atoms with E-state index in [0.717, 1.165) is 4.60 Å². The molecule has 1 saturated carbocycles. The highest BCUT2D eigenvalue weighted by Gasteiger charge is 2.23. The van der Waals surface area contributed by atoms with Gasteiger partial charge in [-0.1, -0.05) is 18.9 Å². The van der Waals surface area contributed by atoms with Crippen molar-refractivity contribution < 1.29 is 0 Å². The first-order valence-corrected chi connectivity index (χ1v) is 5.93. The van der Waals surface area contributed by atoms with Crippen LogP contribution in [-0.4, -0.2) is 4.98 Å². The van der Waals surface area contributed by atoms with Crippen molar-refractivity contribution in [1.29, 1.82) is 0 Å². The summed E-state index contributed by atoms with van der Waals surface area (Å²) < 4.78 is 0.875. The summed E-state index contributed by atoms with van der Waals surface area (Å²) in [5.74, 6) is 0.665. The number of aromatic nitrogens is 1. The van der Waals surface area contributed by atoms with Gasteiger partial charge in [0, 0.05) is 12.2 Å². The highest BCUT2D eigenvalue weighted by atomic mass is 79.9. The molecule has 1 aliphatic carbocycles. The summed E-state index contributed by atoms with van der Waals surface area (Å²) in [5, 5.41) is 0. The van der Waals surface area contributed by atoms with E-state index in [0.29, 0.717) is 5.92 Å². The minimum absolute atomic E-state index is 0.179. The molecular weight excluding hydrogens is 240 g/mol. The zero-order valence-corrected chi connectivity index (χ0v) is 9.70. The van der Waals surface area contributed by atoms with E-state index in [2.05, 4.69) is 27.0 Å². The molecule has 0 bridgehead atoms. The van der Waals surface area contributed by atoms with E-state index in [1.54, 1.807) is 0 Å². The molecule has 2 rings (SSSR count). The molecule has 0 spiro atoms. The van der Waals surface area contributed by atoms with Crippen molar-refractivity contribution in [3.63, 3.8) is 0 Å². The first kappa shape index (κ1) is 10.1. The minimum Gasteiger partial charge on any atom is -0.324 e. The molecule has 0 aliphatic heterocycles. The van der Waals surface area contributed by atoms with Crippen LogP contribution in [0.15, 0.2) is 22.9 Å². The molecular formula is C11H15BrN2. The van der Waals surface area contributed by atoms with Crippen LogP contribution in [0.25, 0.3) is 0 Å². The van der Waals surface area contributed by atoms with E-state index >= 15 is 0 Å². The summed E-state index contributed by atoms with van der Waals surface area (Å²) in [4.78, 5) is 4.21. The Morgan fingerprint density at radius 2 is 2.07 bits per heavy atom. The van der Waals surface area contributed by atoms with Gasteiger partial charge in [-0.15, -0.1) is 0 Å². The highest BCUT2D eigenvalue weighted by Crippen LogP contribution is 2.33. The number of pyridine rings is 1. The van der Waals surface area contributed by atoms with Gasteiger partial charge in [0.25, 0.3) is 0 Å². The molecule has 0 radical (unpaired) electrons. The van der Waals surface area contributed by atoms with Gasteiger partial charge < -0.3 is 5.73 Å². The molecule has 0 amide bonds. The minimum atomic E-state index is 0.179. The smallest absolute Gasteiger partial charge is 0.106 e. The molecule has 76 valence electrons. The Morgan fingerprint density at radius 1 is 1.36 bits per heavy atom. The molecule has 1 fully saturated rings. The Bertz CT molecular complexity index is 291. The second kappa shape index (κ2) is 4.41. The molecule has 0 aromatic carbocycles. The highest BCUT2D eigenvalue weighted by molar-refractivity contribution is 9.10. The molecule has 2 N–H and O–H groups in total. The van der Waals surface area contributed by atoms with Crippen molar-refractivity contribution in [2.24, 2.45) is 11.7 Å². The predicted octanol–water partition coefficient (Wildman–Crippen LogP) is 3.03. The molecule has 1 atom stereocenters. The van der Waals surface area contributed by atoms with Gasteiger partial charge in [0.1, 0.15) is 4.60 Å². The Kier molecular flexibility index (Phi) is 3.19. The average molecular weight is 255 g/mol. The second-order valence-corrected chi connectivity index (χ2v) is 4.80. The molecule has 1 aromatic heterocycles. The molecule has 1 heterocycles. The van der Waals surface area contributed by atoms with E-state index in [4.69, 9.17) is 5.73 Å². The zero-order valence-electron chi connectivity index (χ0n) is 8.12. The van der Waals surface area contributed by atoms with Gasteiger partial charge in [0.05, 0.1) is 0 Å². The van der Waals surface area contributed by atoms with Crippen LogP contribution in [0.1, 0.15) is 37.3 Å². The van der Waals surface area contributed by atoms with Crippen LogP contribution in [0.3, 0.4) is 0 Å². The van der Waals surface area contributed by atoms with Gasteiger partial charge in [0.15, 0.2) is 0 Å². The lowest BCUT2D eigenvalue weighted by atomic mass is 9.94. The third-order valence-corrected chi connectivity index (χ3v) is 3.51. The fraction of sp³-hybridized carbons (Fsp3) is 0.545. The van der Waals surface area contributed by atoms with Gasteiger partial charge in [-0.05, 0) is 46.3 Å². The average Bonchev–Trinajstić information content (AvgIpc) is 2.71. The number of halogens is 1. The molecule has 2 nitrogen and oxygen atoms in total. The van der Waals surface area contributed by atoms with Crippen LogP contribution >= 0.6 is 15.9 Å². The molecule has 14 heavy (non-hydrogen) atoms. The third-order valence-electron chi connectivity index (χ3n) is 3.04. The van der Waals surface area contributed by atoms with E-state index in [9.17, 15) is 0 Å². The van der Waals surface area contributed by atoms with E-state index < -0.39 is 0 Å². The van der Waals surface area contributed by atoms with E-state index in [1.165, 1.54) is 31.2 Å². The van der Waals surface area contributed by atoms with Crippen LogP contribution < -0.4 is 5.73 Å². The lowest BCUT2D eigenvalue weighted by molar-refractivity contribution is 0.444. The molecule has 3 heteroatoms. The summed E-state index contributed by atoms with van der Waals surface area (Å²) in [6.07, 6.45) is 7.10. The number of hydrogen-bond donors (Lipinski definition) is 1. The Morgan fingerprint density at radius 3 is 2.64 bits per heavy atom. The fourth-order valence-corrected chi connectivity index (χ4v) is 2.41. The molecule has 0 unspecified atom stereocenters. The van der Waals surface area contributed by atoms with Gasteiger partial charge in [-0.25, -0.2) is 4.98 Å². The maximum atomic E-state index is 6.20. The quantitative estimate of drug-likeness (QED) is 0.825. The van der Waals surface area contributed by atoms with Crippen molar-refractivity contribution >= 4 is 15.9 Å². The standard InChI is InChI=1S/C11H15BrN2/c12-10-6-5-9(7-14-10)11(13)8-3-1-2-4-8/h5-8,11H,1-4,13H2/t11-/m1/s1. The summed E-state index contributed by atoms with van der Waals surface area (Å²) in [6, 6.07) is 4.21. The van der Waals surface area contributed by atoms with Crippen LogP contribution in [0.5, 0.6) is 0 Å². The van der Waals surface area contributed by atoms with E-state index in [1.807, 2.05) is 12.3 Å². The maximum absolute atomic E-state index is 6.20. The fourth-order valence-electron chi connectivity index (χ4n) is 2.17. The first-order valence-electron chi connectivity index (χ1n) is 5.14. The lowest BCUT2D eigenvalue weighted by Crippen LogP contribution is -2.19. The summed E-state index contributed by atoms with van der Waals surface area (Å²) in [5.41, 5.74) is 7.36. The van der Waals surface area contributed by atoms with Crippen molar-refractivity contribution in [1.82, 2.24) is 4.98 Å². The molecule has 1 aliphatic rings. The second-order valence-electron chi connectivity index (χ2n) is 3.98. The first-order chi connectivity index (χ1) is 6.77. The van der Waals surface area contributed by atoms with Crippen molar-refractivity contribution in [2.75, 3.05) is 0 Å². The number of nitrogens with two attached hydrogens (primary N) is 1. The normalized spacial score (nSPS) is 19.9. The van der Waals surface area contributed by atoms with Crippen LogP contribution in [-0.2, 0) is 0 Å². The lowest BCUT2D eigenvalue weighted by Gasteiger charge is -2.18. The Labute approximate surface area is 93.0 Å². The molecule has 1 aromatic rings. The van der Waals surface area contributed by atoms with Crippen molar-refractivity contribution in [3.05, 3.63) is 28.5 Å². The van der Waals surface area contributed by atoms with Crippen LogP contribution in [0.2, 0.25) is 0 Å². The Hall–Kier alpha value is -0.410. The monoisotopic (exact) mass is 254 g/mol. The summed E-state index contributed by atoms with van der Waals surface area (Å²) in [6.45, 7) is 0. The predicted molar refractivity (Wildman–Crippen MR) is 60.8 cm³/mol. The number of rotatable bonds is 2. The van der Waals surface area contributed by atoms with Crippen molar-refractivity contribution in [2.45, 2.75) is 31.7 Å². The van der Waals surface area contributed by atoms with Gasteiger partial charge in [-0.3, -0.25) is 0 Å². The third kappa shape index (κ3) is 2.15. The molecule has 0 saturated heterocycles. The Balaban J connectivity index is 2.09. The zero-order chi connectivity index (χ0) is 9.97. The summed E-state index contributed by atoms with van der Waals surface area (Å²) in [7, 11) is 0. The van der Waals surface area contributed by atoms with Crippen LogP contribution in [0.4, 0.5) is 0 Å². The number of nitrogens with zero attached hydrogens (tertiary/aromatic N) is 1. The van der Waals surface area contributed by atoms with Crippen LogP contribution in [0, 0.1) is 5.92 Å². The summed E-state index contributed by atoms with van der Waals surface area (Å²) >= 11 is 3.33. The van der Waals surface area contributed by atoms with Gasteiger partial charge in [-0.2, -0.15) is 0 Å². The van der Waals surface area contributed by atoms with Gasteiger partial charge >= 0.3 is 0 Å². The maximum Gasteiger partial charge on any atom is 0.106 e. The topological polar surface area (TPSA) is 38.9 Å². The van der Waals surface area contributed by atoms with Crippen molar-refractivity contribution in [3.8, 4) is 0 Å². The largest absolute Gasteiger partial charge is 0.324 e. The van der Waals surface area contributed by atoms with E-state index in [-0.39, 0.29) is 6.04 Å². The van der Waals surface area contributed by atoms with Gasteiger partial charge in [0.2, 0.25) is 0 Å². The SMILES string of the molecule is N[C@@H](c1ccc(Br)nc1)C1CCCC1. The number of hydrogen-bond acceptors (Lipinski definition) is 2.